The first-order valence-electron chi connectivity index (χ1n) is 5.02. The second-order valence-electron chi connectivity index (χ2n) is 3.25. The van der Waals surface area contributed by atoms with Crippen LogP contribution in [0.2, 0.25) is 0 Å². The van der Waals surface area contributed by atoms with Crippen molar-refractivity contribution in [3.8, 4) is 0 Å². The maximum absolute atomic E-state index is 9.35. The first kappa shape index (κ1) is 11.5. The fourth-order valence-electron chi connectivity index (χ4n) is 1.17. The number of allylic oxidation sites excluding steroid dienone is 2. The molecule has 0 saturated carbocycles. The molecule has 1 aromatic rings. The summed E-state index contributed by atoms with van der Waals surface area (Å²) in [6, 6.07) is 10.0. The largest absolute Gasteiger partial charge is 0.389 e. The van der Waals surface area contributed by atoms with Crippen LogP contribution in [0.4, 0.5) is 0 Å². The van der Waals surface area contributed by atoms with Crippen LogP contribution in [0.1, 0.15) is 12.0 Å². The van der Waals surface area contributed by atoms with Gasteiger partial charge in [-0.1, -0.05) is 60.7 Å². The van der Waals surface area contributed by atoms with Crippen LogP contribution in [0.5, 0.6) is 0 Å². The van der Waals surface area contributed by atoms with Crippen molar-refractivity contribution in [2.24, 2.45) is 0 Å². The highest BCUT2D eigenvalue weighted by Crippen LogP contribution is 2.01. The van der Waals surface area contributed by atoms with E-state index in [1.807, 2.05) is 48.6 Å². The van der Waals surface area contributed by atoms with E-state index < -0.39 is 6.10 Å². The molecule has 1 heteroatoms. The average molecular weight is 200 g/mol. The van der Waals surface area contributed by atoms with E-state index in [1.54, 1.807) is 12.2 Å². The molecule has 15 heavy (non-hydrogen) atoms. The summed E-state index contributed by atoms with van der Waals surface area (Å²) in [6.07, 6.45) is 9.38. The Bertz CT molecular complexity index is 336. The van der Waals surface area contributed by atoms with Crippen molar-refractivity contribution in [2.45, 2.75) is 12.5 Å². The molecule has 0 amide bonds. The maximum Gasteiger partial charge on any atom is 0.0758 e. The predicted octanol–water partition coefficient (Wildman–Crippen LogP) is 3.19. The highest BCUT2D eigenvalue weighted by Gasteiger charge is 1.91. The van der Waals surface area contributed by atoms with Crippen molar-refractivity contribution in [3.05, 3.63) is 66.8 Å². The SMILES string of the molecule is C=CC[C@H](O)/C=C/C=C/c1ccccc1. The summed E-state index contributed by atoms with van der Waals surface area (Å²) in [5.74, 6) is 0. The van der Waals surface area contributed by atoms with Crippen LogP contribution in [0, 0.1) is 0 Å². The van der Waals surface area contributed by atoms with Gasteiger partial charge in [-0.15, -0.1) is 6.58 Å². The highest BCUT2D eigenvalue weighted by atomic mass is 16.3. The van der Waals surface area contributed by atoms with E-state index in [2.05, 4.69) is 6.58 Å². The zero-order valence-electron chi connectivity index (χ0n) is 8.71. The van der Waals surface area contributed by atoms with Crippen molar-refractivity contribution < 1.29 is 5.11 Å². The molecule has 0 unspecified atom stereocenters. The molecule has 1 aromatic carbocycles. The van der Waals surface area contributed by atoms with Crippen LogP contribution in [0.3, 0.4) is 0 Å². The monoisotopic (exact) mass is 200 g/mol. The normalized spacial score (nSPS) is 13.4. The molecule has 0 aliphatic heterocycles. The minimum atomic E-state index is -0.428. The van der Waals surface area contributed by atoms with E-state index >= 15 is 0 Å². The van der Waals surface area contributed by atoms with Gasteiger partial charge in [-0.3, -0.25) is 0 Å². The van der Waals surface area contributed by atoms with Gasteiger partial charge < -0.3 is 5.11 Å². The Hall–Kier alpha value is -1.60. The third kappa shape index (κ3) is 4.99. The van der Waals surface area contributed by atoms with Gasteiger partial charge >= 0.3 is 0 Å². The number of hydrogen-bond acceptors (Lipinski definition) is 1. The van der Waals surface area contributed by atoms with E-state index in [1.165, 1.54) is 0 Å². The lowest BCUT2D eigenvalue weighted by Gasteiger charge is -1.97. The van der Waals surface area contributed by atoms with Gasteiger partial charge in [-0.05, 0) is 12.0 Å². The minimum Gasteiger partial charge on any atom is -0.389 e. The van der Waals surface area contributed by atoms with Crippen LogP contribution in [-0.4, -0.2) is 11.2 Å². The molecule has 0 fully saturated rings. The second kappa shape index (κ2) is 6.80. The average Bonchev–Trinajstić information content (AvgIpc) is 2.26. The zero-order chi connectivity index (χ0) is 10.9. The number of hydrogen-bond donors (Lipinski definition) is 1. The fourth-order valence-corrected chi connectivity index (χ4v) is 1.17. The Labute approximate surface area is 91.1 Å². The Morgan fingerprint density at radius 2 is 1.93 bits per heavy atom. The van der Waals surface area contributed by atoms with Gasteiger partial charge in [-0.25, -0.2) is 0 Å². The smallest absolute Gasteiger partial charge is 0.0758 e. The quantitative estimate of drug-likeness (QED) is 0.571. The number of aliphatic hydroxyl groups is 1. The topological polar surface area (TPSA) is 20.2 Å². The van der Waals surface area contributed by atoms with Gasteiger partial charge in [0.2, 0.25) is 0 Å². The molecule has 0 radical (unpaired) electrons. The lowest BCUT2D eigenvalue weighted by Crippen LogP contribution is -1.98. The molecule has 1 nitrogen and oxygen atoms in total. The van der Waals surface area contributed by atoms with E-state index in [9.17, 15) is 5.11 Å². The zero-order valence-corrected chi connectivity index (χ0v) is 8.71. The Morgan fingerprint density at radius 1 is 1.20 bits per heavy atom. The Kier molecular flexibility index (Phi) is 5.20. The summed E-state index contributed by atoms with van der Waals surface area (Å²) in [6.45, 7) is 3.56. The lowest BCUT2D eigenvalue weighted by molar-refractivity contribution is 0.227. The highest BCUT2D eigenvalue weighted by molar-refractivity contribution is 5.50. The molecule has 1 rings (SSSR count). The third-order valence-electron chi connectivity index (χ3n) is 1.94. The predicted molar refractivity (Wildman–Crippen MR) is 65.4 cm³/mol. The van der Waals surface area contributed by atoms with Crippen LogP contribution in [0.15, 0.2) is 61.2 Å². The third-order valence-corrected chi connectivity index (χ3v) is 1.94. The Balaban J connectivity index is 2.43. The van der Waals surface area contributed by atoms with E-state index in [-0.39, 0.29) is 0 Å². The lowest BCUT2D eigenvalue weighted by atomic mass is 10.2. The molecule has 78 valence electrons. The fraction of sp³-hybridized carbons (Fsp3) is 0.143. The molecular formula is C14H16O. The van der Waals surface area contributed by atoms with E-state index in [4.69, 9.17) is 0 Å². The van der Waals surface area contributed by atoms with Crippen LogP contribution >= 0.6 is 0 Å². The van der Waals surface area contributed by atoms with Gasteiger partial charge in [0.05, 0.1) is 6.10 Å². The van der Waals surface area contributed by atoms with Gasteiger partial charge in [0.15, 0.2) is 0 Å². The minimum absolute atomic E-state index is 0.428. The van der Waals surface area contributed by atoms with Crippen molar-refractivity contribution >= 4 is 6.08 Å². The van der Waals surface area contributed by atoms with Crippen LogP contribution < -0.4 is 0 Å². The van der Waals surface area contributed by atoms with Crippen molar-refractivity contribution in [2.75, 3.05) is 0 Å². The molecule has 1 atom stereocenters. The standard InChI is InChI=1S/C14H16O/c1-2-8-14(15)12-7-6-11-13-9-4-3-5-10-13/h2-7,9-12,14-15H,1,8H2/b11-6+,12-7+/t14-/m0/s1. The molecule has 0 aliphatic carbocycles. The van der Waals surface area contributed by atoms with E-state index in [0.717, 1.165) is 5.56 Å². The summed E-state index contributed by atoms with van der Waals surface area (Å²) in [4.78, 5) is 0. The summed E-state index contributed by atoms with van der Waals surface area (Å²) in [5.41, 5.74) is 1.15. The van der Waals surface area contributed by atoms with Crippen molar-refractivity contribution in [3.63, 3.8) is 0 Å². The van der Waals surface area contributed by atoms with E-state index in [0.29, 0.717) is 6.42 Å². The molecule has 0 saturated heterocycles. The molecule has 0 heterocycles. The maximum atomic E-state index is 9.35. The van der Waals surface area contributed by atoms with Crippen LogP contribution in [-0.2, 0) is 0 Å². The summed E-state index contributed by atoms with van der Waals surface area (Å²) in [7, 11) is 0. The number of rotatable bonds is 5. The molecule has 0 spiro atoms. The Morgan fingerprint density at radius 3 is 2.60 bits per heavy atom. The van der Waals surface area contributed by atoms with Gasteiger partial charge in [0.1, 0.15) is 0 Å². The number of aliphatic hydroxyl groups excluding tert-OH is 1. The summed E-state index contributed by atoms with van der Waals surface area (Å²) < 4.78 is 0. The molecular weight excluding hydrogens is 184 g/mol. The van der Waals surface area contributed by atoms with Crippen LogP contribution in [0.25, 0.3) is 6.08 Å². The van der Waals surface area contributed by atoms with Crippen molar-refractivity contribution in [1.29, 1.82) is 0 Å². The van der Waals surface area contributed by atoms with Gasteiger partial charge in [0, 0.05) is 0 Å². The molecule has 0 aromatic heterocycles. The van der Waals surface area contributed by atoms with Gasteiger partial charge in [0.25, 0.3) is 0 Å². The molecule has 0 aliphatic rings. The van der Waals surface area contributed by atoms with Crippen molar-refractivity contribution in [1.82, 2.24) is 0 Å². The van der Waals surface area contributed by atoms with Gasteiger partial charge in [-0.2, -0.15) is 0 Å². The summed E-state index contributed by atoms with van der Waals surface area (Å²) in [5, 5.41) is 9.35. The second-order valence-corrected chi connectivity index (χ2v) is 3.25. The molecule has 1 N–H and O–H groups in total. The first-order valence-corrected chi connectivity index (χ1v) is 5.02. The summed E-state index contributed by atoms with van der Waals surface area (Å²) >= 11 is 0. The molecule has 0 bridgehead atoms. The number of benzene rings is 1. The first-order chi connectivity index (χ1) is 7.33.